The number of nitrogens with zero attached hydrogens (tertiary/aromatic N) is 3. The molecule has 0 bridgehead atoms. The van der Waals surface area contributed by atoms with E-state index in [4.69, 9.17) is 0 Å². The summed E-state index contributed by atoms with van der Waals surface area (Å²) in [7, 11) is 0. The lowest BCUT2D eigenvalue weighted by molar-refractivity contribution is 0.0533. The zero-order valence-corrected chi connectivity index (χ0v) is 14.9. The van der Waals surface area contributed by atoms with Crippen LogP contribution in [0.25, 0.3) is 10.9 Å². The van der Waals surface area contributed by atoms with Crippen molar-refractivity contribution in [2.45, 2.75) is 6.92 Å². The van der Waals surface area contributed by atoms with Crippen molar-refractivity contribution in [2.24, 2.45) is 0 Å². The number of nitrogens with one attached hydrogen (secondary N) is 1. The first-order valence-electron chi connectivity index (χ1n) is 8.82. The molecule has 2 amide bonds. The molecule has 1 saturated heterocycles. The van der Waals surface area contributed by atoms with E-state index in [1.807, 2.05) is 25.1 Å². The van der Waals surface area contributed by atoms with Crippen LogP contribution in [0.15, 0.2) is 42.5 Å². The summed E-state index contributed by atoms with van der Waals surface area (Å²) in [4.78, 5) is 28.8. The predicted octanol–water partition coefficient (Wildman–Crippen LogP) is 2.61. The maximum atomic E-state index is 13.0. The molecule has 0 aliphatic carbocycles. The molecule has 7 heteroatoms. The van der Waals surface area contributed by atoms with Gasteiger partial charge in [0.2, 0.25) is 0 Å². The SMILES string of the molecule is Cc1ccc2[nH]nc(C(=O)N3CCN(C(=O)c4ccc(F)cc4)CC3)c2c1. The second kappa shape index (κ2) is 6.83. The monoisotopic (exact) mass is 366 g/mol. The van der Waals surface area contributed by atoms with Crippen LogP contribution < -0.4 is 0 Å². The molecule has 0 spiro atoms. The standard InChI is InChI=1S/C20H19FN4O2/c1-13-2-7-17-16(12-13)18(23-22-17)20(27)25-10-8-24(9-11-25)19(26)14-3-5-15(21)6-4-14/h2-7,12H,8-11H2,1H3,(H,22,23). The molecule has 1 N–H and O–H groups in total. The summed E-state index contributed by atoms with van der Waals surface area (Å²) in [5, 5.41) is 7.90. The average Bonchev–Trinajstić information content (AvgIpc) is 3.10. The fraction of sp³-hybridized carbons (Fsp3) is 0.250. The highest BCUT2D eigenvalue weighted by Gasteiger charge is 2.27. The maximum Gasteiger partial charge on any atom is 0.275 e. The molecule has 1 aliphatic heterocycles. The van der Waals surface area contributed by atoms with Crippen LogP contribution in [0.1, 0.15) is 26.4 Å². The summed E-state index contributed by atoms with van der Waals surface area (Å²) in [5.74, 6) is -0.660. The van der Waals surface area contributed by atoms with Gasteiger partial charge in [-0.2, -0.15) is 5.10 Å². The molecule has 0 unspecified atom stereocenters. The molecule has 1 aromatic heterocycles. The quantitative estimate of drug-likeness (QED) is 0.758. The van der Waals surface area contributed by atoms with Crippen molar-refractivity contribution >= 4 is 22.7 Å². The van der Waals surface area contributed by atoms with Crippen LogP contribution in [0, 0.1) is 12.7 Å². The van der Waals surface area contributed by atoms with Gasteiger partial charge in [-0.25, -0.2) is 4.39 Å². The Morgan fingerprint density at radius 1 is 0.963 bits per heavy atom. The second-order valence-corrected chi connectivity index (χ2v) is 6.71. The summed E-state index contributed by atoms with van der Waals surface area (Å²) in [6.07, 6.45) is 0. The number of hydrogen-bond donors (Lipinski definition) is 1. The molecule has 1 fully saturated rings. The smallest absolute Gasteiger partial charge is 0.275 e. The van der Waals surface area contributed by atoms with Gasteiger partial charge in [-0.05, 0) is 43.3 Å². The van der Waals surface area contributed by atoms with E-state index in [9.17, 15) is 14.0 Å². The van der Waals surface area contributed by atoms with E-state index >= 15 is 0 Å². The van der Waals surface area contributed by atoms with Crippen LogP contribution in [0.5, 0.6) is 0 Å². The molecule has 0 radical (unpaired) electrons. The Bertz CT molecular complexity index is 1000. The van der Waals surface area contributed by atoms with Crippen molar-refractivity contribution in [3.05, 3.63) is 65.1 Å². The van der Waals surface area contributed by atoms with Gasteiger partial charge < -0.3 is 9.80 Å². The number of aryl methyl sites for hydroxylation is 1. The lowest BCUT2D eigenvalue weighted by Crippen LogP contribution is -2.50. The molecule has 0 saturated carbocycles. The first-order chi connectivity index (χ1) is 13.0. The minimum atomic E-state index is -0.372. The Balaban J connectivity index is 1.45. The molecule has 3 aromatic rings. The summed E-state index contributed by atoms with van der Waals surface area (Å²) >= 11 is 0. The number of amides is 2. The second-order valence-electron chi connectivity index (χ2n) is 6.71. The molecule has 2 aromatic carbocycles. The number of benzene rings is 2. The highest BCUT2D eigenvalue weighted by molar-refractivity contribution is 6.05. The van der Waals surface area contributed by atoms with Crippen molar-refractivity contribution in [1.29, 1.82) is 0 Å². The van der Waals surface area contributed by atoms with Gasteiger partial charge in [-0.15, -0.1) is 0 Å². The van der Waals surface area contributed by atoms with Crippen molar-refractivity contribution in [1.82, 2.24) is 20.0 Å². The van der Waals surface area contributed by atoms with Gasteiger partial charge >= 0.3 is 0 Å². The lowest BCUT2D eigenvalue weighted by atomic mass is 10.1. The van der Waals surface area contributed by atoms with E-state index in [0.29, 0.717) is 37.4 Å². The van der Waals surface area contributed by atoms with Gasteiger partial charge in [-0.3, -0.25) is 14.7 Å². The Kier molecular flexibility index (Phi) is 4.35. The van der Waals surface area contributed by atoms with Gasteiger partial charge in [0.05, 0.1) is 5.52 Å². The zero-order valence-electron chi connectivity index (χ0n) is 14.9. The fourth-order valence-corrected chi connectivity index (χ4v) is 3.33. The lowest BCUT2D eigenvalue weighted by Gasteiger charge is -2.34. The van der Waals surface area contributed by atoms with Gasteiger partial charge in [0.15, 0.2) is 5.69 Å². The highest BCUT2D eigenvalue weighted by Crippen LogP contribution is 2.20. The third kappa shape index (κ3) is 3.28. The number of hydrogen-bond acceptors (Lipinski definition) is 3. The van der Waals surface area contributed by atoms with Gasteiger partial charge in [0.25, 0.3) is 11.8 Å². The van der Waals surface area contributed by atoms with E-state index in [1.54, 1.807) is 9.80 Å². The minimum Gasteiger partial charge on any atom is -0.335 e. The number of aromatic nitrogens is 2. The first-order valence-corrected chi connectivity index (χ1v) is 8.82. The Morgan fingerprint density at radius 2 is 1.59 bits per heavy atom. The van der Waals surface area contributed by atoms with Crippen LogP contribution in [-0.4, -0.2) is 58.0 Å². The molecule has 0 atom stereocenters. The van der Waals surface area contributed by atoms with Crippen molar-refractivity contribution < 1.29 is 14.0 Å². The average molecular weight is 366 g/mol. The Morgan fingerprint density at radius 3 is 2.26 bits per heavy atom. The molecule has 6 nitrogen and oxygen atoms in total. The van der Waals surface area contributed by atoms with Gasteiger partial charge in [0.1, 0.15) is 5.82 Å². The molecule has 27 heavy (non-hydrogen) atoms. The van der Waals surface area contributed by atoms with Crippen LogP contribution in [-0.2, 0) is 0 Å². The molecule has 2 heterocycles. The number of carbonyl (C=O) groups excluding carboxylic acids is 2. The van der Waals surface area contributed by atoms with Crippen molar-refractivity contribution in [3.8, 4) is 0 Å². The van der Waals surface area contributed by atoms with Crippen LogP contribution >= 0.6 is 0 Å². The van der Waals surface area contributed by atoms with Crippen molar-refractivity contribution in [2.75, 3.05) is 26.2 Å². The number of halogens is 1. The van der Waals surface area contributed by atoms with E-state index in [2.05, 4.69) is 10.2 Å². The number of carbonyl (C=O) groups is 2. The fourth-order valence-electron chi connectivity index (χ4n) is 3.33. The van der Waals surface area contributed by atoms with Gasteiger partial charge in [0, 0.05) is 37.1 Å². The van der Waals surface area contributed by atoms with E-state index in [-0.39, 0.29) is 17.6 Å². The zero-order chi connectivity index (χ0) is 19.0. The van der Waals surface area contributed by atoms with Crippen molar-refractivity contribution in [3.63, 3.8) is 0 Å². The van der Waals surface area contributed by atoms with Gasteiger partial charge in [-0.1, -0.05) is 11.6 Å². The molecule has 1 aliphatic rings. The predicted molar refractivity (Wildman–Crippen MR) is 99.0 cm³/mol. The normalized spacial score (nSPS) is 14.6. The Hall–Kier alpha value is -3.22. The first kappa shape index (κ1) is 17.2. The summed E-state index contributed by atoms with van der Waals surface area (Å²) < 4.78 is 13.0. The minimum absolute atomic E-state index is 0.138. The topological polar surface area (TPSA) is 69.3 Å². The van der Waals surface area contributed by atoms with E-state index in [1.165, 1.54) is 24.3 Å². The van der Waals surface area contributed by atoms with Crippen LogP contribution in [0.2, 0.25) is 0 Å². The molecular formula is C20H19FN4O2. The van der Waals surface area contributed by atoms with E-state index in [0.717, 1.165) is 16.5 Å². The summed E-state index contributed by atoms with van der Waals surface area (Å²) in [5.41, 5.74) is 2.75. The third-order valence-electron chi connectivity index (χ3n) is 4.87. The highest BCUT2D eigenvalue weighted by atomic mass is 19.1. The number of aromatic amines is 1. The maximum absolute atomic E-state index is 13.0. The summed E-state index contributed by atoms with van der Waals surface area (Å²) in [6, 6.07) is 11.3. The number of rotatable bonds is 2. The Labute approximate surface area is 155 Å². The largest absolute Gasteiger partial charge is 0.335 e. The van der Waals surface area contributed by atoms with Crippen LogP contribution in [0.4, 0.5) is 4.39 Å². The summed E-state index contributed by atoms with van der Waals surface area (Å²) in [6.45, 7) is 3.71. The molecule has 138 valence electrons. The molecular weight excluding hydrogens is 347 g/mol. The third-order valence-corrected chi connectivity index (χ3v) is 4.87. The van der Waals surface area contributed by atoms with Crippen LogP contribution in [0.3, 0.4) is 0 Å². The number of H-pyrrole nitrogens is 1. The van der Waals surface area contributed by atoms with E-state index < -0.39 is 0 Å². The number of piperazine rings is 1. The molecule has 4 rings (SSSR count). The number of fused-ring (bicyclic) bond motifs is 1.